The predicted molar refractivity (Wildman–Crippen MR) is 65.0 cm³/mol. The van der Waals surface area contributed by atoms with Crippen LogP contribution in [0.25, 0.3) is 0 Å². The van der Waals surface area contributed by atoms with Gasteiger partial charge in [0, 0.05) is 6.42 Å². The maximum absolute atomic E-state index is 10.8. The summed E-state index contributed by atoms with van der Waals surface area (Å²) in [7, 11) is 0. The normalized spacial score (nSPS) is 12.5. The molecule has 0 aliphatic heterocycles. The second kappa shape index (κ2) is 5.74. The Labute approximate surface area is 104 Å². The van der Waals surface area contributed by atoms with Crippen LogP contribution in [0.1, 0.15) is 31.2 Å². The van der Waals surface area contributed by atoms with Crippen molar-refractivity contribution in [3.05, 3.63) is 33.8 Å². The van der Waals surface area contributed by atoms with E-state index in [0.717, 1.165) is 12.0 Å². The van der Waals surface area contributed by atoms with Crippen LogP contribution < -0.4 is 0 Å². The van der Waals surface area contributed by atoms with E-state index < -0.39 is 0 Å². The molecule has 0 amide bonds. The van der Waals surface area contributed by atoms with Crippen molar-refractivity contribution < 1.29 is 4.79 Å². The number of carbonyl (C=O) groups is 1. The fourth-order valence-electron chi connectivity index (χ4n) is 1.46. The van der Waals surface area contributed by atoms with E-state index in [4.69, 9.17) is 34.8 Å². The zero-order valence-electron chi connectivity index (χ0n) is 8.27. The van der Waals surface area contributed by atoms with Crippen LogP contribution in [0.5, 0.6) is 0 Å². The molecule has 1 unspecified atom stereocenters. The molecule has 15 heavy (non-hydrogen) atoms. The van der Waals surface area contributed by atoms with Crippen LogP contribution in [0.2, 0.25) is 10.0 Å². The highest BCUT2D eigenvalue weighted by atomic mass is 35.5. The lowest BCUT2D eigenvalue weighted by Gasteiger charge is -2.13. The van der Waals surface area contributed by atoms with Crippen molar-refractivity contribution in [1.29, 1.82) is 0 Å². The maximum Gasteiger partial charge on any atom is 0.222 e. The summed E-state index contributed by atoms with van der Waals surface area (Å²) in [6.45, 7) is 2.01. The zero-order valence-corrected chi connectivity index (χ0v) is 10.5. The number of hydrogen-bond donors (Lipinski definition) is 0. The molecular weight excluding hydrogens is 254 g/mol. The molecule has 1 atom stereocenters. The Morgan fingerprint density at radius 1 is 1.33 bits per heavy atom. The quantitative estimate of drug-likeness (QED) is 0.725. The Hall–Kier alpha value is -0.240. The van der Waals surface area contributed by atoms with Gasteiger partial charge < -0.3 is 0 Å². The lowest BCUT2D eigenvalue weighted by Crippen LogP contribution is -2.01. The standard InChI is InChI=1S/C11H11Cl3O/c1-2-7(6-11(14)15)8-3-4-9(12)10(13)5-8/h3-5,7H,2,6H2,1H3. The Morgan fingerprint density at radius 3 is 2.47 bits per heavy atom. The Morgan fingerprint density at radius 2 is 2.00 bits per heavy atom. The molecule has 0 saturated carbocycles. The van der Waals surface area contributed by atoms with Gasteiger partial charge in [0.2, 0.25) is 5.24 Å². The lowest BCUT2D eigenvalue weighted by molar-refractivity contribution is -0.112. The van der Waals surface area contributed by atoms with E-state index in [0.29, 0.717) is 16.5 Å². The summed E-state index contributed by atoms with van der Waals surface area (Å²) in [4.78, 5) is 10.8. The van der Waals surface area contributed by atoms with Gasteiger partial charge in [0.05, 0.1) is 10.0 Å². The number of hydrogen-bond acceptors (Lipinski definition) is 1. The third-order valence-corrected chi connectivity index (χ3v) is 3.21. The molecule has 0 aliphatic rings. The highest BCUT2D eigenvalue weighted by molar-refractivity contribution is 6.63. The predicted octanol–water partition coefficient (Wildman–Crippen LogP) is 4.64. The summed E-state index contributed by atoms with van der Waals surface area (Å²) in [6.07, 6.45) is 1.17. The highest BCUT2D eigenvalue weighted by Gasteiger charge is 2.13. The number of benzene rings is 1. The molecule has 0 heterocycles. The molecule has 0 fully saturated rings. The summed E-state index contributed by atoms with van der Waals surface area (Å²) in [5, 5.41) is 0.704. The average molecular weight is 266 g/mol. The van der Waals surface area contributed by atoms with Gasteiger partial charge in [0.1, 0.15) is 0 Å². The van der Waals surface area contributed by atoms with Crippen LogP contribution in [-0.2, 0) is 4.79 Å². The van der Waals surface area contributed by atoms with Crippen molar-refractivity contribution in [3.63, 3.8) is 0 Å². The molecule has 4 heteroatoms. The Kier molecular flexibility index (Phi) is 4.91. The third-order valence-electron chi connectivity index (χ3n) is 2.31. The van der Waals surface area contributed by atoms with E-state index in [1.165, 1.54) is 0 Å². The van der Waals surface area contributed by atoms with Crippen molar-refractivity contribution >= 4 is 40.0 Å². The zero-order chi connectivity index (χ0) is 11.4. The van der Waals surface area contributed by atoms with E-state index in [9.17, 15) is 4.79 Å². The van der Waals surface area contributed by atoms with Crippen molar-refractivity contribution in [3.8, 4) is 0 Å². The van der Waals surface area contributed by atoms with Crippen molar-refractivity contribution in [2.45, 2.75) is 25.7 Å². The molecule has 0 N–H and O–H groups in total. The molecule has 1 rings (SSSR count). The van der Waals surface area contributed by atoms with Crippen molar-refractivity contribution in [2.75, 3.05) is 0 Å². The monoisotopic (exact) mass is 264 g/mol. The minimum atomic E-state index is -0.326. The van der Waals surface area contributed by atoms with Crippen molar-refractivity contribution in [1.82, 2.24) is 0 Å². The molecule has 82 valence electrons. The third kappa shape index (κ3) is 3.67. The van der Waals surface area contributed by atoms with Crippen LogP contribution in [-0.4, -0.2) is 5.24 Å². The van der Waals surface area contributed by atoms with Gasteiger partial charge in [-0.1, -0.05) is 36.2 Å². The van der Waals surface area contributed by atoms with Crippen molar-refractivity contribution in [2.24, 2.45) is 0 Å². The van der Waals surface area contributed by atoms with E-state index in [1.54, 1.807) is 12.1 Å². The molecule has 1 nitrogen and oxygen atoms in total. The van der Waals surface area contributed by atoms with E-state index in [-0.39, 0.29) is 11.2 Å². The lowest BCUT2D eigenvalue weighted by atomic mass is 9.94. The summed E-state index contributed by atoms with van der Waals surface area (Å²) in [5.41, 5.74) is 1.00. The number of carbonyl (C=O) groups excluding carboxylic acids is 1. The van der Waals surface area contributed by atoms with Gasteiger partial charge >= 0.3 is 0 Å². The number of halogens is 3. The number of rotatable bonds is 4. The van der Waals surface area contributed by atoms with Gasteiger partial charge in [-0.25, -0.2) is 0 Å². The molecule has 1 aromatic carbocycles. The summed E-state index contributed by atoms with van der Waals surface area (Å²) < 4.78 is 0. The first-order valence-electron chi connectivity index (χ1n) is 4.67. The van der Waals surface area contributed by atoms with Gasteiger partial charge in [-0.3, -0.25) is 4.79 Å². The molecule has 0 saturated heterocycles. The second-order valence-electron chi connectivity index (χ2n) is 3.34. The fraction of sp³-hybridized carbons (Fsp3) is 0.364. The topological polar surface area (TPSA) is 17.1 Å². The summed E-state index contributed by atoms with van der Waals surface area (Å²) >= 11 is 17.1. The summed E-state index contributed by atoms with van der Waals surface area (Å²) in [5.74, 6) is 0.116. The SMILES string of the molecule is CCC(CC(=O)Cl)c1ccc(Cl)c(Cl)c1. The first kappa shape index (κ1) is 12.8. The fourth-order valence-corrected chi connectivity index (χ4v) is 1.95. The maximum atomic E-state index is 10.8. The van der Waals surface area contributed by atoms with Gasteiger partial charge in [0.15, 0.2) is 0 Å². The van der Waals surface area contributed by atoms with Gasteiger partial charge in [0.25, 0.3) is 0 Å². The Bertz CT molecular complexity index is 363. The van der Waals surface area contributed by atoms with Gasteiger partial charge in [-0.15, -0.1) is 0 Å². The molecule has 0 spiro atoms. The van der Waals surface area contributed by atoms with Crippen LogP contribution in [0, 0.1) is 0 Å². The Balaban J connectivity index is 2.92. The second-order valence-corrected chi connectivity index (χ2v) is 4.57. The minimum Gasteiger partial charge on any atom is -0.281 e. The highest BCUT2D eigenvalue weighted by Crippen LogP contribution is 2.30. The smallest absolute Gasteiger partial charge is 0.222 e. The molecule has 0 radical (unpaired) electrons. The van der Waals surface area contributed by atoms with Gasteiger partial charge in [-0.2, -0.15) is 0 Å². The average Bonchev–Trinajstić information content (AvgIpc) is 2.18. The largest absolute Gasteiger partial charge is 0.281 e. The van der Waals surface area contributed by atoms with E-state index in [1.807, 2.05) is 13.0 Å². The molecule has 0 bridgehead atoms. The van der Waals surface area contributed by atoms with Gasteiger partial charge in [-0.05, 0) is 41.6 Å². The van der Waals surface area contributed by atoms with Crippen LogP contribution >= 0.6 is 34.8 Å². The van der Waals surface area contributed by atoms with Crippen LogP contribution in [0.4, 0.5) is 0 Å². The van der Waals surface area contributed by atoms with E-state index in [2.05, 4.69) is 0 Å². The molecule has 0 aliphatic carbocycles. The van der Waals surface area contributed by atoms with Crippen LogP contribution in [0.15, 0.2) is 18.2 Å². The molecule has 0 aromatic heterocycles. The first-order chi connectivity index (χ1) is 7.04. The van der Waals surface area contributed by atoms with Crippen LogP contribution in [0.3, 0.4) is 0 Å². The minimum absolute atomic E-state index is 0.116. The molecule has 1 aromatic rings. The summed E-state index contributed by atoms with van der Waals surface area (Å²) in [6, 6.07) is 5.40. The van der Waals surface area contributed by atoms with E-state index >= 15 is 0 Å². The first-order valence-corrected chi connectivity index (χ1v) is 5.81. The molecular formula is C11H11Cl3O.